The first kappa shape index (κ1) is 19.7. The molecule has 2 aromatic rings. The smallest absolute Gasteiger partial charge is 0.419 e. The highest BCUT2D eigenvalue weighted by Gasteiger charge is 2.36. The molecule has 0 saturated heterocycles. The summed E-state index contributed by atoms with van der Waals surface area (Å²) in [4.78, 5) is 4.45. The average Bonchev–Trinajstić information content (AvgIpc) is 3.28. The normalized spacial score (nSPS) is 21.8. The minimum atomic E-state index is -4.54. The van der Waals surface area contributed by atoms with Crippen LogP contribution in [0.1, 0.15) is 57.3 Å². The summed E-state index contributed by atoms with van der Waals surface area (Å²) < 4.78 is 51.2. The van der Waals surface area contributed by atoms with Gasteiger partial charge in [0.1, 0.15) is 5.75 Å². The third-order valence-corrected chi connectivity index (χ3v) is 5.49. The third kappa shape index (κ3) is 3.82. The Kier molecular flexibility index (Phi) is 5.00. The van der Waals surface area contributed by atoms with Crippen LogP contribution in [-0.4, -0.2) is 16.2 Å². The second-order valence-corrected chi connectivity index (χ2v) is 7.94. The summed E-state index contributed by atoms with van der Waals surface area (Å²) in [5.74, 6) is 0.954. The fourth-order valence-corrected chi connectivity index (χ4v) is 4.10. The van der Waals surface area contributed by atoms with Gasteiger partial charge in [0, 0.05) is 11.5 Å². The molecule has 0 radical (unpaired) electrons. The van der Waals surface area contributed by atoms with Crippen LogP contribution < -0.4 is 4.74 Å². The van der Waals surface area contributed by atoms with E-state index in [1.54, 1.807) is 13.8 Å². The lowest BCUT2D eigenvalue weighted by molar-refractivity contribution is -0.139. The van der Waals surface area contributed by atoms with Crippen LogP contribution >= 0.6 is 0 Å². The Hall–Kier alpha value is -2.57. The quantitative estimate of drug-likeness (QED) is 0.599. The van der Waals surface area contributed by atoms with Gasteiger partial charge in [-0.3, -0.25) is 0 Å². The third-order valence-electron chi connectivity index (χ3n) is 5.49. The Morgan fingerprint density at radius 1 is 1.24 bits per heavy atom. The van der Waals surface area contributed by atoms with E-state index in [-0.39, 0.29) is 29.2 Å². The van der Waals surface area contributed by atoms with Gasteiger partial charge in [0.05, 0.1) is 11.7 Å². The highest BCUT2D eigenvalue weighted by atomic mass is 19.4. The van der Waals surface area contributed by atoms with Gasteiger partial charge in [0.15, 0.2) is 5.82 Å². The van der Waals surface area contributed by atoms with Crippen LogP contribution in [0.4, 0.5) is 13.2 Å². The first-order chi connectivity index (χ1) is 13.7. The number of rotatable bonds is 4. The van der Waals surface area contributed by atoms with E-state index in [9.17, 15) is 13.2 Å². The lowest BCUT2D eigenvalue weighted by Crippen LogP contribution is -2.13. The lowest BCUT2D eigenvalue weighted by atomic mass is 9.86. The number of nitrogens with zero attached hydrogens (tertiary/aromatic N) is 2. The molecule has 154 valence electrons. The molecule has 0 amide bonds. The largest absolute Gasteiger partial charge is 0.490 e. The molecular weight excluding hydrogens is 381 g/mol. The summed E-state index contributed by atoms with van der Waals surface area (Å²) in [7, 11) is 0. The van der Waals surface area contributed by atoms with Crippen LogP contribution in [0.3, 0.4) is 0 Å². The van der Waals surface area contributed by atoms with Gasteiger partial charge in [-0.1, -0.05) is 29.8 Å². The Bertz CT molecular complexity index is 973. The highest BCUT2D eigenvalue weighted by molar-refractivity contribution is 5.58. The molecule has 1 unspecified atom stereocenters. The van der Waals surface area contributed by atoms with E-state index in [1.807, 2.05) is 0 Å². The number of aromatic nitrogens is 2. The molecular formula is C22H23F3N2O2. The van der Waals surface area contributed by atoms with Crippen molar-refractivity contribution in [3.8, 4) is 17.2 Å². The van der Waals surface area contributed by atoms with Crippen molar-refractivity contribution in [2.75, 3.05) is 0 Å². The molecule has 0 saturated carbocycles. The molecule has 1 aromatic heterocycles. The maximum absolute atomic E-state index is 13.5. The van der Waals surface area contributed by atoms with Crippen LogP contribution in [0.5, 0.6) is 5.75 Å². The first-order valence-electron chi connectivity index (χ1n) is 9.85. The summed E-state index contributed by atoms with van der Waals surface area (Å²) in [5, 5.41) is 4.10. The number of benzene rings is 1. The predicted octanol–water partition coefficient (Wildman–Crippen LogP) is 6.31. The van der Waals surface area contributed by atoms with Gasteiger partial charge in [-0.2, -0.15) is 18.2 Å². The Labute approximate surface area is 167 Å². The van der Waals surface area contributed by atoms with E-state index in [4.69, 9.17) is 9.26 Å². The van der Waals surface area contributed by atoms with Gasteiger partial charge in [-0.05, 0) is 62.8 Å². The van der Waals surface area contributed by atoms with E-state index >= 15 is 0 Å². The number of hydrogen-bond acceptors (Lipinski definition) is 4. The summed E-state index contributed by atoms with van der Waals surface area (Å²) in [6.07, 6.45) is 2.25. The molecule has 2 aliphatic carbocycles. The Morgan fingerprint density at radius 2 is 2.03 bits per heavy atom. The van der Waals surface area contributed by atoms with Gasteiger partial charge in [0.2, 0.25) is 0 Å². The van der Waals surface area contributed by atoms with Gasteiger partial charge < -0.3 is 9.26 Å². The molecule has 4 nitrogen and oxygen atoms in total. The van der Waals surface area contributed by atoms with Gasteiger partial charge in [-0.25, -0.2) is 0 Å². The minimum Gasteiger partial charge on any atom is -0.490 e. The van der Waals surface area contributed by atoms with Gasteiger partial charge in [-0.15, -0.1) is 0 Å². The van der Waals surface area contributed by atoms with Crippen molar-refractivity contribution in [2.45, 2.75) is 58.2 Å². The van der Waals surface area contributed by atoms with Crippen molar-refractivity contribution in [2.24, 2.45) is 5.92 Å². The average molecular weight is 404 g/mol. The van der Waals surface area contributed by atoms with E-state index in [1.165, 1.54) is 23.3 Å². The molecule has 0 bridgehead atoms. The van der Waals surface area contributed by atoms with Crippen molar-refractivity contribution >= 4 is 0 Å². The van der Waals surface area contributed by atoms with Gasteiger partial charge in [0.25, 0.3) is 5.89 Å². The van der Waals surface area contributed by atoms with Crippen molar-refractivity contribution in [3.05, 3.63) is 52.9 Å². The van der Waals surface area contributed by atoms with E-state index < -0.39 is 11.7 Å². The number of ether oxygens (including phenoxy) is 1. The maximum Gasteiger partial charge on any atom is 0.419 e. The van der Waals surface area contributed by atoms with Crippen LogP contribution in [0.15, 0.2) is 46.0 Å². The van der Waals surface area contributed by atoms with Crippen molar-refractivity contribution in [1.29, 1.82) is 0 Å². The minimum absolute atomic E-state index is 0.0306. The molecule has 2 aliphatic rings. The monoisotopic (exact) mass is 404 g/mol. The fourth-order valence-electron chi connectivity index (χ4n) is 4.10. The summed E-state index contributed by atoms with van der Waals surface area (Å²) in [6, 6.07) is 3.84. The number of halogens is 3. The van der Waals surface area contributed by atoms with Crippen molar-refractivity contribution in [1.82, 2.24) is 10.1 Å². The van der Waals surface area contributed by atoms with Crippen molar-refractivity contribution < 1.29 is 22.4 Å². The lowest BCUT2D eigenvalue weighted by Gasteiger charge is -2.19. The predicted molar refractivity (Wildman–Crippen MR) is 102 cm³/mol. The topological polar surface area (TPSA) is 48.2 Å². The SMILES string of the molecule is CC(C)Oc1ccc(-c2nc(C3CC=CC4=C3CC[C@H]4C)no2)cc1C(F)(F)F. The second kappa shape index (κ2) is 7.35. The summed E-state index contributed by atoms with van der Waals surface area (Å²) >= 11 is 0. The number of hydrogen-bond donors (Lipinski definition) is 0. The molecule has 0 spiro atoms. The fraction of sp³-hybridized carbons (Fsp3) is 0.455. The molecule has 7 heteroatoms. The standard InChI is InChI=1S/C22H23F3N2O2/c1-12(2)28-19-10-8-14(11-18(19)22(23,24)25)21-26-20(27-29-21)17-6-4-5-15-13(3)7-9-16(15)17/h4-5,8,10-13,17H,6-7,9H2,1-3H3/t13-,17?/m1/s1. The molecule has 1 aromatic carbocycles. The van der Waals surface area contributed by atoms with E-state index in [0.717, 1.165) is 25.3 Å². The Morgan fingerprint density at radius 3 is 2.76 bits per heavy atom. The zero-order chi connectivity index (χ0) is 20.8. The number of allylic oxidation sites excluding steroid dienone is 4. The second-order valence-electron chi connectivity index (χ2n) is 7.94. The zero-order valence-electron chi connectivity index (χ0n) is 16.6. The summed E-state index contributed by atoms with van der Waals surface area (Å²) in [5.41, 5.74) is 2.04. The Balaban J connectivity index is 1.66. The number of alkyl halides is 3. The van der Waals surface area contributed by atoms with Gasteiger partial charge >= 0.3 is 6.18 Å². The van der Waals surface area contributed by atoms with E-state index in [0.29, 0.717) is 11.7 Å². The maximum atomic E-state index is 13.5. The summed E-state index contributed by atoms with van der Waals surface area (Å²) in [6.45, 7) is 5.57. The molecule has 0 aliphatic heterocycles. The van der Waals surface area contributed by atoms with E-state index in [2.05, 4.69) is 29.2 Å². The highest BCUT2D eigenvalue weighted by Crippen LogP contribution is 2.45. The molecule has 4 rings (SSSR count). The first-order valence-corrected chi connectivity index (χ1v) is 9.85. The van der Waals surface area contributed by atoms with Crippen molar-refractivity contribution in [3.63, 3.8) is 0 Å². The molecule has 0 N–H and O–H groups in total. The van der Waals surface area contributed by atoms with Crippen LogP contribution in [-0.2, 0) is 6.18 Å². The molecule has 1 heterocycles. The molecule has 2 atom stereocenters. The molecule has 29 heavy (non-hydrogen) atoms. The van der Waals surface area contributed by atoms with Crippen LogP contribution in [0.2, 0.25) is 0 Å². The zero-order valence-corrected chi connectivity index (χ0v) is 16.6. The van der Waals surface area contributed by atoms with Crippen LogP contribution in [0.25, 0.3) is 11.5 Å². The van der Waals surface area contributed by atoms with Crippen LogP contribution in [0, 0.1) is 5.92 Å². The molecule has 0 fully saturated rings.